The Morgan fingerprint density at radius 1 is 1.19 bits per heavy atom. The number of hydrogen-bond donors (Lipinski definition) is 2. The van der Waals surface area contributed by atoms with Crippen molar-refractivity contribution < 1.29 is 4.79 Å². The van der Waals surface area contributed by atoms with E-state index in [2.05, 4.69) is 62.5 Å². The summed E-state index contributed by atoms with van der Waals surface area (Å²) in [5.41, 5.74) is 10.1. The lowest BCUT2D eigenvalue weighted by molar-refractivity contribution is -0.104. The number of allylic oxidation sites excluding steroid dienone is 3. The zero-order valence-electron chi connectivity index (χ0n) is 16.7. The Kier molecular flexibility index (Phi) is 5.59. The van der Waals surface area contributed by atoms with Crippen molar-refractivity contribution >= 4 is 18.0 Å². The van der Waals surface area contributed by atoms with Crippen molar-refractivity contribution in [1.29, 1.82) is 0 Å². The van der Waals surface area contributed by atoms with E-state index in [1.54, 1.807) is 6.08 Å². The first kappa shape index (κ1) is 19.5. The Hall–Kier alpha value is -2.29. The molecule has 1 aromatic carbocycles. The van der Waals surface area contributed by atoms with Gasteiger partial charge in [-0.3, -0.25) is 4.79 Å². The predicted molar refractivity (Wildman–Crippen MR) is 114 cm³/mol. The molecule has 1 atom stereocenters. The number of anilines is 1. The van der Waals surface area contributed by atoms with Crippen LogP contribution in [0.25, 0.3) is 6.08 Å². The largest absolute Gasteiger partial charge is 0.402 e. The maximum absolute atomic E-state index is 10.7. The number of para-hydroxylation sites is 1. The molecule has 3 heteroatoms. The number of benzene rings is 1. The van der Waals surface area contributed by atoms with Gasteiger partial charge in [0, 0.05) is 16.8 Å². The monoisotopic (exact) mass is 364 g/mol. The number of carbonyl (C=O) groups excluding carboxylic acids is 1. The van der Waals surface area contributed by atoms with Crippen LogP contribution in [0.15, 0.2) is 54.3 Å². The van der Waals surface area contributed by atoms with Crippen molar-refractivity contribution in [3.05, 3.63) is 59.8 Å². The molecule has 27 heavy (non-hydrogen) atoms. The highest BCUT2D eigenvalue weighted by atomic mass is 16.1. The molecule has 1 aliphatic heterocycles. The molecule has 0 aromatic heterocycles. The van der Waals surface area contributed by atoms with Crippen LogP contribution in [0.5, 0.6) is 0 Å². The van der Waals surface area contributed by atoms with E-state index in [0.29, 0.717) is 11.3 Å². The fourth-order valence-corrected chi connectivity index (χ4v) is 4.66. The van der Waals surface area contributed by atoms with E-state index in [0.717, 1.165) is 24.8 Å². The van der Waals surface area contributed by atoms with Crippen LogP contribution in [0.2, 0.25) is 0 Å². The Morgan fingerprint density at radius 3 is 2.56 bits per heavy atom. The average Bonchev–Trinajstić information content (AvgIpc) is 2.67. The summed E-state index contributed by atoms with van der Waals surface area (Å²) in [6.07, 6.45) is 14.9. The Bertz CT molecular complexity index is 759. The predicted octanol–water partition coefficient (Wildman–Crippen LogP) is 5.31. The smallest absolute Gasteiger partial charge is 0.142 e. The van der Waals surface area contributed by atoms with Gasteiger partial charge in [0.1, 0.15) is 6.29 Å². The summed E-state index contributed by atoms with van der Waals surface area (Å²) in [5, 5.41) is 3.73. The second-order valence-electron chi connectivity index (χ2n) is 9.01. The van der Waals surface area contributed by atoms with Crippen LogP contribution in [-0.4, -0.2) is 12.3 Å². The molecule has 1 saturated carbocycles. The van der Waals surface area contributed by atoms with Gasteiger partial charge in [0.2, 0.25) is 0 Å². The number of nitrogens with two attached hydrogens (primary N) is 1. The fraction of sp³-hybridized carbons (Fsp3) is 0.458. The Balaban J connectivity index is 1.91. The van der Waals surface area contributed by atoms with Crippen LogP contribution in [0.3, 0.4) is 0 Å². The highest BCUT2D eigenvalue weighted by molar-refractivity contribution is 5.71. The van der Waals surface area contributed by atoms with E-state index in [4.69, 9.17) is 5.73 Å². The molecule has 0 amide bonds. The molecular formula is C24H32N2O. The Labute approximate surface area is 163 Å². The summed E-state index contributed by atoms with van der Waals surface area (Å²) in [4.78, 5) is 10.7. The first-order valence-corrected chi connectivity index (χ1v) is 9.99. The van der Waals surface area contributed by atoms with Gasteiger partial charge < -0.3 is 11.1 Å². The third-order valence-corrected chi connectivity index (χ3v) is 6.48. The molecular weight excluding hydrogens is 332 g/mol. The summed E-state index contributed by atoms with van der Waals surface area (Å²) < 4.78 is 0. The van der Waals surface area contributed by atoms with Crippen molar-refractivity contribution in [2.75, 3.05) is 5.32 Å². The van der Waals surface area contributed by atoms with Crippen LogP contribution in [-0.2, 0) is 4.79 Å². The fourth-order valence-electron chi connectivity index (χ4n) is 4.66. The molecule has 0 bridgehead atoms. The van der Waals surface area contributed by atoms with E-state index >= 15 is 0 Å². The van der Waals surface area contributed by atoms with Gasteiger partial charge >= 0.3 is 0 Å². The second kappa shape index (κ2) is 7.75. The van der Waals surface area contributed by atoms with Gasteiger partial charge in [-0.05, 0) is 60.8 Å². The van der Waals surface area contributed by atoms with Crippen LogP contribution >= 0.6 is 0 Å². The number of fused-ring (bicyclic) bond motifs is 1. The number of rotatable bonds is 4. The first-order chi connectivity index (χ1) is 12.9. The summed E-state index contributed by atoms with van der Waals surface area (Å²) in [6.45, 7) is 7.02. The topological polar surface area (TPSA) is 55.1 Å². The number of nitrogens with one attached hydrogen (secondary N) is 1. The van der Waals surface area contributed by atoms with Gasteiger partial charge in [0.25, 0.3) is 0 Å². The molecule has 3 nitrogen and oxygen atoms in total. The molecule has 0 spiro atoms. The summed E-state index contributed by atoms with van der Waals surface area (Å²) >= 11 is 0. The molecule has 0 radical (unpaired) electrons. The van der Waals surface area contributed by atoms with E-state index in [1.807, 2.05) is 6.08 Å². The van der Waals surface area contributed by atoms with Gasteiger partial charge in [-0.15, -0.1) is 0 Å². The standard InChI is InChI=1S/C24H32N2O/c1-23(2,3)19-13-15-24(16-14-19,21(25)10-6-7-17-27)22-12-11-18-8-4-5-9-20(18)26-22/h4-12,17,19,22,26H,13-16,25H2,1-3H3/b7-6-,21-10-. The molecule has 3 N–H and O–H groups in total. The number of carbonyl (C=O) groups is 1. The lowest BCUT2D eigenvalue weighted by atomic mass is 9.60. The summed E-state index contributed by atoms with van der Waals surface area (Å²) in [5.74, 6) is 0.712. The first-order valence-electron chi connectivity index (χ1n) is 9.99. The lowest BCUT2D eigenvalue weighted by Crippen LogP contribution is -2.47. The van der Waals surface area contributed by atoms with Gasteiger partial charge in [-0.25, -0.2) is 0 Å². The third-order valence-electron chi connectivity index (χ3n) is 6.48. The minimum Gasteiger partial charge on any atom is -0.402 e. The molecule has 1 heterocycles. The van der Waals surface area contributed by atoms with Gasteiger partial charge in [-0.1, -0.05) is 57.2 Å². The molecule has 3 rings (SSSR count). The molecule has 2 aliphatic rings. The van der Waals surface area contributed by atoms with E-state index in [1.165, 1.54) is 30.2 Å². The lowest BCUT2D eigenvalue weighted by Gasteiger charge is -2.48. The third kappa shape index (κ3) is 4.02. The van der Waals surface area contributed by atoms with Crippen molar-refractivity contribution in [2.45, 2.75) is 52.5 Å². The quantitative estimate of drug-likeness (QED) is 0.432. The van der Waals surface area contributed by atoms with Crippen LogP contribution < -0.4 is 11.1 Å². The molecule has 1 fully saturated rings. The average molecular weight is 365 g/mol. The van der Waals surface area contributed by atoms with E-state index in [9.17, 15) is 4.79 Å². The van der Waals surface area contributed by atoms with Crippen LogP contribution in [0.1, 0.15) is 52.0 Å². The molecule has 144 valence electrons. The highest BCUT2D eigenvalue weighted by Gasteiger charge is 2.45. The van der Waals surface area contributed by atoms with Crippen molar-refractivity contribution in [1.82, 2.24) is 0 Å². The maximum atomic E-state index is 10.7. The van der Waals surface area contributed by atoms with Gasteiger partial charge in [0.05, 0.1) is 6.04 Å². The summed E-state index contributed by atoms with van der Waals surface area (Å²) in [7, 11) is 0. The molecule has 1 aliphatic carbocycles. The maximum Gasteiger partial charge on any atom is 0.142 e. The molecule has 1 unspecified atom stereocenters. The van der Waals surface area contributed by atoms with Crippen LogP contribution in [0, 0.1) is 16.7 Å². The normalized spacial score (nSPS) is 28.6. The van der Waals surface area contributed by atoms with E-state index < -0.39 is 0 Å². The van der Waals surface area contributed by atoms with E-state index in [-0.39, 0.29) is 11.5 Å². The van der Waals surface area contributed by atoms with Crippen molar-refractivity contribution in [3.8, 4) is 0 Å². The number of hydrogen-bond acceptors (Lipinski definition) is 3. The van der Waals surface area contributed by atoms with Crippen molar-refractivity contribution in [2.24, 2.45) is 22.5 Å². The zero-order valence-corrected chi connectivity index (χ0v) is 16.7. The Morgan fingerprint density at radius 2 is 1.89 bits per heavy atom. The summed E-state index contributed by atoms with van der Waals surface area (Å²) in [6, 6.07) is 8.55. The number of aldehydes is 1. The molecule has 0 saturated heterocycles. The SMILES string of the molecule is CC(C)(C)C1CCC(/C(N)=C/C=C\C=O)(C2C=Cc3ccccc3N2)CC1. The second-order valence-corrected chi connectivity index (χ2v) is 9.01. The van der Waals surface area contributed by atoms with Crippen molar-refractivity contribution in [3.63, 3.8) is 0 Å². The molecule has 1 aromatic rings. The van der Waals surface area contributed by atoms with Gasteiger partial charge in [0.15, 0.2) is 0 Å². The van der Waals surface area contributed by atoms with Gasteiger partial charge in [-0.2, -0.15) is 0 Å². The zero-order chi connectivity index (χ0) is 19.5. The minimum absolute atomic E-state index is 0.126. The van der Waals surface area contributed by atoms with Crippen LogP contribution in [0.4, 0.5) is 5.69 Å². The minimum atomic E-state index is -0.126. The highest BCUT2D eigenvalue weighted by Crippen LogP contribution is 2.51.